The molecule has 0 amide bonds. The van der Waals surface area contributed by atoms with Gasteiger partial charge in [0.05, 0.1) is 10.9 Å². The van der Waals surface area contributed by atoms with E-state index in [1.165, 1.54) is 11.1 Å². The summed E-state index contributed by atoms with van der Waals surface area (Å²) in [6.45, 7) is 3.00. The van der Waals surface area contributed by atoms with E-state index in [1.807, 2.05) is 16.9 Å². The molecule has 21 heavy (non-hydrogen) atoms. The van der Waals surface area contributed by atoms with Gasteiger partial charge in [-0.05, 0) is 42.0 Å². The van der Waals surface area contributed by atoms with E-state index < -0.39 is 0 Å². The normalized spacial score (nSPS) is 17.3. The van der Waals surface area contributed by atoms with Crippen LogP contribution < -0.4 is 5.32 Å². The molecule has 0 aromatic carbocycles. The van der Waals surface area contributed by atoms with Gasteiger partial charge in [0.1, 0.15) is 0 Å². The van der Waals surface area contributed by atoms with E-state index in [0.29, 0.717) is 0 Å². The maximum absolute atomic E-state index is 4.74. The molecule has 0 bridgehead atoms. The molecule has 0 aliphatic carbocycles. The molecule has 1 N–H and O–H groups in total. The minimum absolute atomic E-state index is 0.205. The highest BCUT2D eigenvalue weighted by Gasteiger charge is 2.25. The SMILES string of the molecule is Cc1ccsc1-c1nc2n(n1)C(c1cccnc1)CCN2. The quantitative estimate of drug-likeness (QED) is 0.789. The third-order valence-electron chi connectivity index (χ3n) is 3.76. The molecular formula is C15H15N5S. The van der Waals surface area contributed by atoms with E-state index in [0.717, 1.165) is 29.6 Å². The minimum Gasteiger partial charge on any atom is -0.354 e. The molecule has 1 aliphatic rings. The smallest absolute Gasteiger partial charge is 0.222 e. The van der Waals surface area contributed by atoms with Crippen molar-refractivity contribution in [2.24, 2.45) is 0 Å². The van der Waals surface area contributed by atoms with Crippen molar-refractivity contribution < 1.29 is 0 Å². The monoisotopic (exact) mass is 297 g/mol. The number of fused-ring (bicyclic) bond motifs is 1. The molecule has 0 saturated carbocycles. The second kappa shape index (κ2) is 4.96. The Balaban J connectivity index is 1.79. The lowest BCUT2D eigenvalue weighted by molar-refractivity contribution is 0.480. The lowest BCUT2D eigenvalue weighted by Crippen LogP contribution is -2.24. The second-order valence-corrected chi connectivity index (χ2v) is 6.07. The van der Waals surface area contributed by atoms with Gasteiger partial charge in [0.25, 0.3) is 0 Å². The fourth-order valence-corrected chi connectivity index (χ4v) is 3.54. The Labute approximate surface area is 126 Å². The molecule has 0 saturated heterocycles. The molecule has 1 atom stereocenters. The lowest BCUT2D eigenvalue weighted by Gasteiger charge is -2.24. The topological polar surface area (TPSA) is 55.6 Å². The molecule has 4 heterocycles. The molecule has 5 nitrogen and oxygen atoms in total. The predicted octanol–water partition coefficient (Wildman–Crippen LogP) is 3.12. The van der Waals surface area contributed by atoms with Crippen molar-refractivity contribution in [1.82, 2.24) is 19.7 Å². The Hall–Kier alpha value is -2.21. The van der Waals surface area contributed by atoms with Crippen molar-refractivity contribution in [2.45, 2.75) is 19.4 Å². The number of anilines is 1. The van der Waals surface area contributed by atoms with E-state index in [9.17, 15) is 0 Å². The Kier molecular flexibility index (Phi) is 2.96. The van der Waals surface area contributed by atoms with Gasteiger partial charge in [0.15, 0.2) is 5.82 Å². The summed E-state index contributed by atoms with van der Waals surface area (Å²) in [7, 11) is 0. The van der Waals surface area contributed by atoms with Crippen LogP contribution in [0.3, 0.4) is 0 Å². The molecule has 3 aromatic rings. The van der Waals surface area contributed by atoms with Gasteiger partial charge in [0, 0.05) is 18.9 Å². The average molecular weight is 297 g/mol. The summed E-state index contributed by atoms with van der Waals surface area (Å²) in [5.41, 5.74) is 2.40. The summed E-state index contributed by atoms with van der Waals surface area (Å²) in [4.78, 5) is 10.0. The number of thiophene rings is 1. The van der Waals surface area contributed by atoms with Gasteiger partial charge >= 0.3 is 0 Å². The fourth-order valence-electron chi connectivity index (χ4n) is 2.68. The summed E-state index contributed by atoms with van der Waals surface area (Å²) in [6, 6.07) is 6.38. The first-order valence-electron chi connectivity index (χ1n) is 6.98. The van der Waals surface area contributed by atoms with Gasteiger partial charge in [-0.25, -0.2) is 4.68 Å². The van der Waals surface area contributed by atoms with Gasteiger partial charge in [-0.2, -0.15) is 4.98 Å². The van der Waals surface area contributed by atoms with Gasteiger partial charge in [-0.15, -0.1) is 16.4 Å². The summed E-state index contributed by atoms with van der Waals surface area (Å²) in [6.07, 6.45) is 4.70. The van der Waals surface area contributed by atoms with Gasteiger partial charge < -0.3 is 5.32 Å². The van der Waals surface area contributed by atoms with Crippen LogP contribution in [0.2, 0.25) is 0 Å². The van der Waals surface area contributed by atoms with E-state index >= 15 is 0 Å². The zero-order valence-corrected chi connectivity index (χ0v) is 12.5. The number of rotatable bonds is 2. The fraction of sp³-hybridized carbons (Fsp3) is 0.267. The van der Waals surface area contributed by atoms with Crippen LogP contribution in [0, 0.1) is 6.92 Å². The molecular weight excluding hydrogens is 282 g/mol. The molecule has 1 aliphatic heterocycles. The van der Waals surface area contributed by atoms with Gasteiger partial charge in [0.2, 0.25) is 5.95 Å². The first-order chi connectivity index (χ1) is 10.3. The van der Waals surface area contributed by atoms with Crippen LogP contribution in [0.4, 0.5) is 5.95 Å². The molecule has 1 unspecified atom stereocenters. The zero-order chi connectivity index (χ0) is 14.2. The number of pyridine rings is 1. The lowest BCUT2D eigenvalue weighted by atomic mass is 10.1. The van der Waals surface area contributed by atoms with Gasteiger partial charge in [-0.1, -0.05) is 6.07 Å². The molecule has 0 spiro atoms. The van der Waals surface area contributed by atoms with E-state index in [2.05, 4.69) is 39.7 Å². The van der Waals surface area contributed by atoms with Crippen LogP contribution in [0.15, 0.2) is 36.0 Å². The highest BCUT2D eigenvalue weighted by atomic mass is 32.1. The van der Waals surface area contributed by atoms with Crippen molar-refractivity contribution >= 4 is 17.3 Å². The predicted molar refractivity (Wildman–Crippen MR) is 83.6 cm³/mol. The van der Waals surface area contributed by atoms with E-state index in [-0.39, 0.29) is 6.04 Å². The molecule has 4 rings (SSSR count). The first kappa shape index (κ1) is 12.5. The highest BCUT2D eigenvalue weighted by Crippen LogP contribution is 2.32. The second-order valence-electron chi connectivity index (χ2n) is 5.15. The number of nitrogens with zero attached hydrogens (tertiary/aromatic N) is 4. The Morgan fingerprint density at radius 2 is 2.33 bits per heavy atom. The summed E-state index contributed by atoms with van der Waals surface area (Å²) < 4.78 is 2.00. The number of aryl methyl sites for hydroxylation is 1. The Morgan fingerprint density at radius 3 is 3.10 bits per heavy atom. The van der Waals surface area contributed by atoms with Crippen LogP contribution in [0.1, 0.15) is 23.6 Å². The van der Waals surface area contributed by atoms with Crippen molar-refractivity contribution in [3.63, 3.8) is 0 Å². The number of aromatic nitrogens is 4. The van der Waals surface area contributed by atoms with Crippen LogP contribution in [0.25, 0.3) is 10.7 Å². The highest BCUT2D eigenvalue weighted by molar-refractivity contribution is 7.13. The number of hydrogen-bond donors (Lipinski definition) is 1. The first-order valence-corrected chi connectivity index (χ1v) is 7.86. The molecule has 0 fully saturated rings. The number of hydrogen-bond acceptors (Lipinski definition) is 5. The molecule has 6 heteroatoms. The largest absolute Gasteiger partial charge is 0.354 e. The van der Waals surface area contributed by atoms with Crippen LogP contribution >= 0.6 is 11.3 Å². The summed E-state index contributed by atoms with van der Waals surface area (Å²) in [5.74, 6) is 1.65. The zero-order valence-electron chi connectivity index (χ0n) is 11.7. The van der Waals surface area contributed by atoms with E-state index in [4.69, 9.17) is 5.10 Å². The maximum atomic E-state index is 4.74. The molecule has 106 valence electrons. The maximum Gasteiger partial charge on any atom is 0.222 e. The third kappa shape index (κ3) is 2.12. The van der Waals surface area contributed by atoms with Crippen molar-refractivity contribution in [3.8, 4) is 10.7 Å². The van der Waals surface area contributed by atoms with Crippen LogP contribution in [-0.4, -0.2) is 26.3 Å². The van der Waals surface area contributed by atoms with Gasteiger partial charge in [-0.3, -0.25) is 4.98 Å². The van der Waals surface area contributed by atoms with Crippen molar-refractivity contribution in [1.29, 1.82) is 0 Å². The van der Waals surface area contributed by atoms with Crippen LogP contribution in [0.5, 0.6) is 0 Å². The van der Waals surface area contributed by atoms with Crippen LogP contribution in [-0.2, 0) is 0 Å². The Bertz CT molecular complexity index is 761. The minimum atomic E-state index is 0.205. The summed E-state index contributed by atoms with van der Waals surface area (Å²) in [5, 5.41) is 10.2. The molecule has 3 aromatic heterocycles. The third-order valence-corrected chi connectivity index (χ3v) is 4.77. The number of nitrogens with one attached hydrogen (secondary N) is 1. The molecule has 0 radical (unpaired) electrons. The van der Waals surface area contributed by atoms with Crippen molar-refractivity contribution in [3.05, 3.63) is 47.1 Å². The van der Waals surface area contributed by atoms with Crippen molar-refractivity contribution in [2.75, 3.05) is 11.9 Å². The van der Waals surface area contributed by atoms with E-state index in [1.54, 1.807) is 17.5 Å². The standard InChI is InChI=1S/C15H15N5S/c1-10-5-8-21-13(10)14-18-15-17-7-4-12(20(15)19-14)11-3-2-6-16-9-11/h2-3,5-6,8-9,12H,4,7H2,1H3,(H,17,18,19). The average Bonchev–Trinajstić information content (AvgIpc) is 3.13. The Morgan fingerprint density at radius 1 is 1.38 bits per heavy atom. The summed E-state index contributed by atoms with van der Waals surface area (Å²) >= 11 is 1.68.